The van der Waals surface area contributed by atoms with E-state index in [1.807, 2.05) is 6.92 Å². The smallest absolute Gasteiger partial charge is 0.379 e. The lowest BCUT2D eigenvalue weighted by atomic mass is 10.2. The minimum absolute atomic E-state index is 0.00504. The van der Waals surface area contributed by atoms with Crippen LogP contribution in [0.5, 0.6) is 0 Å². The average Bonchev–Trinajstić information content (AvgIpc) is 3.07. The van der Waals surface area contributed by atoms with Crippen molar-refractivity contribution in [3.63, 3.8) is 0 Å². The highest BCUT2D eigenvalue weighted by Gasteiger charge is 2.39. The van der Waals surface area contributed by atoms with Crippen LogP contribution < -0.4 is 0 Å². The lowest BCUT2D eigenvalue weighted by Crippen LogP contribution is -2.35. The van der Waals surface area contributed by atoms with Crippen molar-refractivity contribution >= 4 is 5.91 Å². The summed E-state index contributed by atoms with van der Waals surface area (Å²) in [6, 6.07) is 1.46. The summed E-state index contributed by atoms with van der Waals surface area (Å²) in [5, 5.41) is 9.12. The van der Waals surface area contributed by atoms with E-state index in [4.69, 9.17) is 5.11 Å². The Balaban J connectivity index is 2.00. The topological polar surface area (TPSA) is 45.5 Å². The van der Waals surface area contributed by atoms with Gasteiger partial charge in [0.05, 0.1) is 0 Å². The summed E-state index contributed by atoms with van der Waals surface area (Å²) >= 11 is 0. The number of carbonyl (C=O) groups excluding carboxylic acids is 1. The predicted molar refractivity (Wildman–Crippen MR) is 65.9 cm³/mol. The Labute approximate surface area is 114 Å². The number of nitrogens with zero attached hydrogens (tertiary/aromatic N) is 2. The van der Waals surface area contributed by atoms with Crippen molar-refractivity contribution in [1.29, 1.82) is 0 Å². The third-order valence-electron chi connectivity index (χ3n) is 3.37. The molecule has 0 aromatic carbocycles. The van der Waals surface area contributed by atoms with E-state index in [0.717, 1.165) is 19.0 Å². The molecule has 1 N–H and O–H groups in total. The van der Waals surface area contributed by atoms with E-state index in [0.29, 0.717) is 6.54 Å². The fourth-order valence-electron chi connectivity index (χ4n) is 2.18. The Bertz CT molecular complexity index is 480. The summed E-state index contributed by atoms with van der Waals surface area (Å²) in [7, 11) is 0. The zero-order chi connectivity index (χ0) is 14.9. The van der Waals surface area contributed by atoms with Crippen molar-refractivity contribution in [2.75, 3.05) is 6.54 Å². The van der Waals surface area contributed by atoms with E-state index >= 15 is 0 Å². The zero-order valence-corrected chi connectivity index (χ0v) is 11.1. The minimum Gasteiger partial charge on any atom is -0.379 e. The number of amides is 1. The van der Waals surface area contributed by atoms with Crippen LogP contribution in [0, 0.1) is 0 Å². The van der Waals surface area contributed by atoms with E-state index in [1.165, 1.54) is 16.8 Å². The molecule has 1 heterocycles. The van der Waals surface area contributed by atoms with E-state index in [2.05, 4.69) is 0 Å². The predicted octanol–water partition coefficient (Wildman–Crippen LogP) is 2.09. The number of hydrogen-bond acceptors (Lipinski definition) is 2. The highest BCUT2D eigenvalue weighted by molar-refractivity contribution is 5.76. The van der Waals surface area contributed by atoms with Crippen LogP contribution in [-0.4, -0.2) is 39.2 Å². The highest BCUT2D eigenvalue weighted by Crippen LogP contribution is 2.32. The fourth-order valence-corrected chi connectivity index (χ4v) is 2.18. The molecule has 112 valence electrons. The molecule has 1 aliphatic carbocycles. The molecule has 1 aromatic heterocycles. The standard InChI is InChI=1S/C13H17F3N2O2/c1-2-18(10-3-4-10)11(19)8-17-6-5-9(7-17)12(20)13(14,15)16/h5-7,10,12,20H,2-4,8H2,1H3. The molecule has 0 bridgehead atoms. The van der Waals surface area contributed by atoms with Gasteiger partial charge in [0.15, 0.2) is 6.10 Å². The van der Waals surface area contributed by atoms with Gasteiger partial charge in [0, 0.05) is 30.5 Å². The number of aromatic nitrogens is 1. The first kappa shape index (κ1) is 14.9. The second kappa shape index (κ2) is 5.47. The van der Waals surface area contributed by atoms with Gasteiger partial charge in [-0.25, -0.2) is 0 Å². The second-order valence-electron chi connectivity index (χ2n) is 4.97. The van der Waals surface area contributed by atoms with Gasteiger partial charge in [-0.1, -0.05) is 0 Å². The summed E-state index contributed by atoms with van der Waals surface area (Å²) in [4.78, 5) is 13.8. The Kier molecular flexibility index (Phi) is 4.08. The zero-order valence-electron chi connectivity index (χ0n) is 11.1. The normalized spacial score (nSPS) is 17.1. The van der Waals surface area contributed by atoms with E-state index < -0.39 is 12.3 Å². The molecule has 0 radical (unpaired) electrons. The molecule has 1 saturated carbocycles. The number of likely N-dealkylation sites (N-methyl/N-ethyl adjacent to an activating group) is 1. The van der Waals surface area contributed by atoms with Gasteiger partial charge in [-0.3, -0.25) is 4.79 Å². The molecule has 1 aliphatic rings. The van der Waals surface area contributed by atoms with E-state index in [9.17, 15) is 18.0 Å². The number of carbonyl (C=O) groups is 1. The van der Waals surface area contributed by atoms with Crippen molar-refractivity contribution in [3.05, 3.63) is 24.0 Å². The molecule has 2 rings (SSSR count). The molecule has 7 heteroatoms. The van der Waals surface area contributed by atoms with Crippen LogP contribution in [0.25, 0.3) is 0 Å². The molecule has 0 spiro atoms. The van der Waals surface area contributed by atoms with Gasteiger partial charge in [-0.05, 0) is 25.8 Å². The third kappa shape index (κ3) is 3.33. The first-order chi connectivity index (χ1) is 9.32. The van der Waals surface area contributed by atoms with Gasteiger partial charge in [-0.15, -0.1) is 0 Å². The molecule has 0 aliphatic heterocycles. The Morgan fingerprint density at radius 3 is 2.70 bits per heavy atom. The SMILES string of the molecule is CCN(C(=O)Cn1ccc(C(O)C(F)(F)F)c1)C1CC1. The van der Waals surface area contributed by atoms with Crippen LogP contribution in [0.2, 0.25) is 0 Å². The molecule has 1 unspecified atom stereocenters. The maximum absolute atomic E-state index is 12.4. The van der Waals surface area contributed by atoms with Crippen LogP contribution in [-0.2, 0) is 11.3 Å². The quantitative estimate of drug-likeness (QED) is 0.902. The second-order valence-corrected chi connectivity index (χ2v) is 4.97. The largest absolute Gasteiger partial charge is 0.418 e. The minimum atomic E-state index is -4.69. The molecular weight excluding hydrogens is 273 g/mol. The van der Waals surface area contributed by atoms with Crippen LogP contribution in [0.1, 0.15) is 31.4 Å². The number of halogens is 3. The lowest BCUT2D eigenvalue weighted by Gasteiger charge is -2.20. The van der Waals surface area contributed by atoms with Crippen LogP contribution in [0.15, 0.2) is 18.5 Å². The van der Waals surface area contributed by atoms with Crippen LogP contribution in [0.4, 0.5) is 13.2 Å². The number of hydrogen-bond donors (Lipinski definition) is 1. The number of alkyl halides is 3. The first-order valence-electron chi connectivity index (χ1n) is 6.53. The number of aliphatic hydroxyl groups excluding tert-OH is 1. The first-order valence-corrected chi connectivity index (χ1v) is 6.53. The average molecular weight is 290 g/mol. The van der Waals surface area contributed by atoms with Crippen molar-refractivity contribution in [2.24, 2.45) is 0 Å². The summed E-state index contributed by atoms with van der Waals surface area (Å²) in [5.74, 6) is -0.112. The maximum Gasteiger partial charge on any atom is 0.418 e. The summed E-state index contributed by atoms with van der Waals surface area (Å²) in [6.07, 6.45) is -2.68. The van der Waals surface area contributed by atoms with Gasteiger partial charge >= 0.3 is 6.18 Å². The molecule has 1 fully saturated rings. The van der Waals surface area contributed by atoms with Crippen molar-refractivity contribution in [3.8, 4) is 0 Å². The van der Waals surface area contributed by atoms with E-state index in [1.54, 1.807) is 4.90 Å². The van der Waals surface area contributed by atoms with Gasteiger partial charge < -0.3 is 14.6 Å². The Morgan fingerprint density at radius 2 is 2.20 bits per heavy atom. The summed E-state index contributed by atoms with van der Waals surface area (Å²) < 4.78 is 38.5. The Morgan fingerprint density at radius 1 is 1.55 bits per heavy atom. The summed E-state index contributed by atoms with van der Waals surface area (Å²) in [5.41, 5.74) is -0.250. The maximum atomic E-state index is 12.4. The molecule has 0 saturated heterocycles. The van der Waals surface area contributed by atoms with Gasteiger partial charge in [0.1, 0.15) is 6.54 Å². The van der Waals surface area contributed by atoms with Gasteiger partial charge in [0.25, 0.3) is 0 Å². The lowest BCUT2D eigenvalue weighted by molar-refractivity contribution is -0.206. The molecule has 1 aromatic rings. The summed E-state index contributed by atoms with van der Waals surface area (Å²) in [6.45, 7) is 2.47. The highest BCUT2D eigenvalue weighted by atomic mass is 19.4. The molecule has 1 amide bonds. The monoisotopic (exact) mass is 290 g/mol. The van der Waals surface area contributed by atoms with Crippen LogP contribution >= 0.6 is 0 Å². The third-order valence-corrected chi connectivity index (χ3v) is 3.37. The Hall–Kier alpha value is -1.50. The molecule has 4 nitrogen and oxygen atoms in total. The fraction of sp³-hybridized carbons (Fsp3) is 0.615. The van der Waals surface area contributed by atoms with Crippen molar-refractivity contribution < 1.29 is 23.1 Å². The van der Waals surface area contributed by atoms with Crippen LogP contribution in [0.3, 0.4) is 0 Å². The number of aliphatic hydroxyl groups is 1. The number of rotatable bonds is 5. The van der Waals surface area contributed by atoms with Gasteiger partial charge in [-0.2, -0.15) is 13.2 Å². The molecule has 20 heavy (non-hydrogen) atoms. The van der Waals surface area contributed by atoms with Gasteiger partial charge in [0.2, 0.25) is 5.91 Å². The molecule has 1 atom stereocenters. The molecular formula is C13H17F3N2O2. The van der Waals surface area contributed by atoms with Crippen molar-refractivity contribution in [2.45, 2.75) is 44.6 Å². The van der Waals surface area contributed by atoms with E-state index in [-0.39, 0.29) is 24.1 Å². The van der Waals surface area contributed by atoms with Crippen molar-refractivity contribution in [1.82, 2.24) is 9.47 Å².